The highest BCUT2D eigenvalue weighted by Crippen LogP contribution is 2.28. The lowest BCUT2D eigenvalue weighted by Gasteiger charge is -2.44. The fourth-order valence-corrected chi connectivity index (χ4v) is 2.56. The molecule has 19 heavy (non-hydrogen) atoms. The zero-order valence-corrected chi connectivity index (χ0v) is 13.0. The van der Waals surface area contributed by atoms with E-state index in [9.17, 15) is 0 Å². The molecule has 4 unspecified atom stereocenters. The summed E-state index contributed by atoms with van der Waals surface area (Å²) in [5.41, 5.74) is 0. The van der Waals surface area contributed by atoms with Gasteiger partial charge in [-0.2, -0.15) is 0 Å². The quantitative estimate of drug-likeness (QED) is 0.586. The summed E-state index contributed by atoms with van der Waals surface area (Å²) >= 11 is 0. The molecule has 0 aromatic carbocycles. The van der Waals surface area contributed by atoms with Crippen molar-refractivity contribution in [2.45, 2.75) is 58.3 Å². The van der Waals surface area contributed by atoms with Crippen molar-refractivity contribution in [1.29, 1.82) is 0 Å². The SMILES string of the molecule is CCCC(C)COC1CC(NCC)C1OCCOC. The van der Waals surface area contributed by atoms with Crippen LogP contribution in [0.4, 0.5) is 0 Å². The molecule has 1 aliphatic rings. The molecule has 1 N–H and O–H groups in total. The van der Waals surface area contributed by atoms with E-state index in [1.54, 1.807) is 7.11 Å². The van der Waals surface area contributed by atoms with Gasteiger partial charge in [-0.05, 0) is 25.3 Å². The van der Waals surface area contributed by atoms with Gasteiger partial charge in [0.05, 0.1) is 25.4 Å². The minimum absolute atomic E-state index is 0.184. The summed E-state index contributed by atoms with van der Waals surface area (Å²) in [5, 5.41) is 3.46. The average molecular weight is 273 g/mol. The van der Waals surface area contributed by atoms with Crippen LogP contribution in [0, 0.1) is 5.92 Å². The van der Waals surface area contributed by atoms with Gasteiger partial charge in [-0.1, -0.05) is 27.2 Å². The second-order valence-corrected chi connectivity index (χ2v) is 5.49. The molecule has 4 nitrogen and oxygen atoms in total. The fraction of sp³-hybridized carbons (Fsp3) is 1.00. The Hall–Kier alpha value is -0.160. The van der Waals surface area contributed by atoms with E-state index in [2.05, 4.69) is 26.1 Å². The zero-order chi connectivity index (χ0) is 14.1. The molecule has 0 aliphatic heterocycles. The molecule has 0 bridgehead atoms. The molecule has 0 saturated heterocycles. The van der Waals surface area contributed by atoms with E-state index in [0.717, 1.165) is 19.6 Å². The van der Waals surface area contributed by atoms with Crippen molar-refractivity contribution in [2.75, 3.05) is 33.5 Å². The van der Waals surface area contributed by atoms with Crippen LogP contribution < -0.4 is 5.32 Å². The molecule has 1 saturated carbocycles. The van der Waals surface area contributed by atoms with E-state index >= 15 is 0 Å². The van der Waals surface area contributed by atoms with E-state index in [-0.39, 0.29) is 12.2 Å². The summed E-state index contributed by atoms with van der Waals surface area (Å²) in [6.45, 7) is 9.73. The summed E-state index contributed by atoms with van der Waals surface area (Å²) in [7, 11) is 1.70. The molecule has 1 aliphatic carbocycles. The van der Waals surface area contributed by atoms with E-state index in [1.165, 1.54) is 12.8 Å². The highest BCUT2D eigenvalue weighted by atomic mass is 16.6. The van der Waals surface area contributed by atoms with E-state index in [4.69, 9.17) is 14.2 Å². The number of ether oxygens (including phenoxy) is 3. The predicted octanol–water partition coefficient (Wildman–Crippen LogP) is 2.22. The lowest BCUT2D eigenvalue weighted by molar-refractivity contribution is -0.156. The van der Waals surface area contributed by atoms with Crippen molar-refractivity contribution in [1.82, 2.24) is 5.32 Å². The summed E-state index contributed by atoms with van der Waals surface area (Å²) in [5.74, 6) is 0.641. The van der Waals surface area contributed by atoms with Crippen LogP contribution in [0.25, 0.3) is 0 Å². The molecule has 4 heteroatoms. The van der Waals surface area contributed by atoms with E-state index in [1.807, 2.05) is 0 Å². The Morgan fingerprint density at radius 1 is 1.21 bits per heavy atom. The second kappa shape index (κ2) is 9.70. The first-order valence-electron chi connectivity index (χ1n) is 7.68. The van der Waals surface area contributed by atoms with Crippen molar-refractivity contribution in [3.63, 3.8) is 0 Å². The van der Waals surface area contributed by atoms with Gasteiger partial charge in [0.1, 0.15) is 0 Å². The highest BCUT2D eigenvalue weighted by molar-refractivity contribution is 4.97. The molecule has 4 atom stereocenters. The largest absolute Gasteiger partial charge is 0.382 e. The van der Waals surface area contributed by atoms with Gasteiger partial charge in [0.25, 0.3) is 0 Å². The van der Waals surface area contributed by atoms with Gasteiger partial charge in [-0.25, -0.2) is 0 Å². The maximum absolute atomic E-state index is 6.01. The molecule has 1 fully saturated rings. The Labute approximate surface area is 118 Å². The third-order valence-corrected chi connectivity index (χ3v) is 3.69. The van der Waals surface area contributed by atoms with Crippen molar-refractivity contribution in [3.8, 4) is 0 Å². The molecule has 0 heterocycles. The summed E-state index contributed by atoms with van der Waals surface area (Å²) < 4.78 is 16.9. The van der Waals surface area contributed by atoms with Gasteiger partial charge in [-0.15, -0.1) is 0 Å². The second-order valence-electron chi connectivity index (χ2n) is 5.49. The molecule has 0 radical (unpaired) electrons. The number of rotatable bonds is 11. The maximum atomic E-state index is 6.01. The van der Waals surface area contributed by atoms with Crippen LogP contribution in [0.3, 0.4) is 0 Å². The average Bonchev–Trinajstić information content (AvgIpc) is 2.38. The molecule has 1 rings (SSSR count). The Morgan fingerprint density at radius 3 is 2.63 bits per heavy atom. The topological polar surface area (TPSA) is 39.7 Å². The number of hydrogen-bond donors (Lipinski definition) is 1. The predicted molar refractivity (Wildman–Crippen MR) is 77.5 cm³/mol. The maximum Gasteiger partial charge on any atom is 0.0991 e. The zero-order valence-electron chi connectivity index (χ0n) is 13.0. The Kier molecular flexibility index (Phi) is 8.62. The van der Waals surface area contributed by atoms with Crippen molar-refractivity contribution >= 4 is 0 Å². The van der Waals surface area contributed by atoms with Crippen LogP contribution in [0.2, 0.25) is 0 Å². The van der Waals surface area contributed by atoms with E-state index < -0.39 is 0 Å². The monoisotopic (exact) mass is 273 g/mol. The highest BCUT2D eigenvalue weighted by Gasteiger charge is 2.42. The molecule has 114 valence electrons. The summed E-state index contributed by atoms with van der Waals surface area (Å²) in [6, 6.07) is 0.438. The van der Waals surface area contributed by atoms with Crippen molar-refractivity contribution < 1.29 is 14.2 Å². The molecular formula is C15H31NO3. The lowest BCUT2D eigenvalue weighted by Crippen LogP contribution is -2.60. The van der Waals surface area contributed by atoms with Gasteiger partial charge >= 0.3 is 0 Å². The molecule has 0 aromatic heterocycles. The van der Waals surface area contributed by atoms with Crippen molar-refractivity contribution in [2.24, 2.45) is 5.92 Å². The van der Waals surface area contributed by atoms with Gasteiger partial charge < -0.3 is 19.5 Å². The van der Waals surface area contributed by atoms with Crippen LogP contribution in [0.1, 0.15) is 40.0 Å². The summed E-state index contributed by atoms with van der Waals surface area (Å²) in [4.78, 5) is 0. The Balaban J connectivity index is 2.27. The molecule has 0 aromatic rings. The molecule has 0 amide bonds. The smallest absolute Gasteiger partial charge is 0.0991 e. The first kappa shape index (κ1) is 16.9. The van der Waals surface area contributed by atoms with Gasteiger partial charge in [-0.3, -0.25) is 0 Å². The molecular weight excluding hydrogens is 242 g/mol. The number of nitrogens with one attached hydrogen (secondary N) is 1. The number of hydrogen-bond acceptors (Lipinski definition) is 4. The first-order valence-corrected chi connectivity index (χ1v) is 7.68. The van der Waals surface area contributed by atoms with Crippen LogP contribution in [0.5, 0.6) is 0 Å². The molecule has 0 spiro atoms. The Bertz CT molecular complexity index is 225. The summed E-state index contributed by atoms with van der Waals surface area (Å²) in [6.07, 6.45) is 3.95. The van der Waals surface area contributed by atoms with Crippen LogP contribution >= 0.6 is 0 Å². The van der Waals surface area contributed by atoms with Crippen LogP contribution in [0.15, 0.2) is 0 Å². The first-order chi connectivity index (χ1) is 9.22. The third-order valence-electron chi connectivity index (χ3n) is 3.69. The third kappa shape index (κ3) is 5.78. The Morgan fingerprint density at radius 2 is 2.00 bits per heavy atom. The van der Waals surface area contributed by atoms with Crippen LogP contribution in [-0.4, -0.2) is 51.7 Å². The van der Waals surface area contributed by atoms with Gasteiger partial charge in [0, 0.05) is 19.8 Å². The lowest BCUT2D eigenvalue weighted by atomic mass is 9.85. The standard InChI is InChI=1S/C15H31NO3/c1-5-7-12(3)11-19-14-10-13(16-6-2)15(14)18-9-8-17-4/h12-16H,5-11H2,1-4H3. The van der Waals surface area contributed by atoms with Crippen LogP contribution in [-0.2, 0) is 14.2 Å². The normalized spacial score (nSPS) is 28.1. The number of likely N-dealkylation sites (N-methyl/N-ethyl adjacent to an activating group) is 1. The van der Waals surface area contributed by atoms with Gasteiger partial charge in [0.15, 0.2) is 0 Å². The van der Waals surface area contributed by atoms with Gasteiger partial charge in [0.2, 0.25) is 0 Å². The minimum atomic E-state index is 0.184. The number of methoxy groups -OCH3 is 1. The minimum Gasteiger partial charge on any atom is -0.382 e. The van der Waals surface area contributed by atoms with E-state index in [0.29, 0.717) is 25.2 Å². The van der Waals surface area contributed by atoms with Crippen molar-refractivity contribution in [3.05, 3.63) is 0 Å². The fourth-order valence-electron chi connectivity index (χ4n) is 2.56.